The Kier molecular flexibility index (Phi) is 3.82. The van der Waals surface area contributed by atoms with Gasteiger partial charge < -0.3 is 19.9 Å². The van der Waals surface area contributed by atoms with Crippen molar-refractivity contribution in [3.8, 4) is 11.5 Å². The number of carboxylic acid groups (broad SMARTS) is 1. The summed E-state index contributed by atoms with van der Waals surface area (Å²) in [7, 11) is 1.61. The molecule has 6 heteroatoms. The first-order valence-electron chi connectivity index (χ1n) is 6.94. The summed E-state index contributed by atoms with van der Waals surface area (Å²) in [6.07, 6.45) is 2.14. The third-order valence-electron chi connectivity index (χ3n) is 3.59. The number of nitrogens with zero attached hydrogens (tertiary/aromatic N) is 1. The number of carboxylic acids is 1. The molecule has 0 spiro atoms. The number of ether oxygens (including phenoxy) is 2. The Morgan fingerprint density at radius 3 is 2.95 bits per heavy atom. The predicted octanol–water partition coefficient (Wildman–Crippen LogP) is 2.72. The van der Waals surface area contributed by atoms with E-state index in [2.05, 4.69) is 10.3 Å². The van der Waals surface area contributed by atoms with Crippen molar-refractivity contribution < 1.29 is 19.4 Å². The number of nitrogens with one attached hydrogen (secondary N) is 1. The zero-order valence-corrected chi connectivity index (χ0v) is 12.1. The largest absolute Gasteiger partial charge is 0.493 e. The number of methoxy groups -OCH3 is 1. The lowest BCUT2D eigenvalue weighted by molar-refractivity contribution is 0.0696. The summed E-state index contributed by atoms with van der Waals surface area (Å²) in [5, 5.41) is 12.2. The first-order chi connectivity index (χ1) is 10.7. The lowest BCUT2D eigenvalue weighted by Gasteiger charge is -2.28. The van der Waals surface area contributed by atoms with Gasteiger partial charge in [0.05, 0.1) is 25.3 Å². The quantitative estimate of drug-likeness (QED) is 0.903. The lowest BCUT2D eigenvalue weighted by atomic mass is 10.00. The highest BCUT2D eigenvalue weighted by atomic mass is 16.5. The van der Waals surface area contributed by atoms with E-state index in [1.807, 2.05) is 18.2 Å². The molecule has 22 heavy (non-hydrogen) atoms. The molecule has 6 nitrogen and oxygen atoms in total. The average molecular weight is 300 g/mol. The molecule has 1 aliphatic heterocycles. The van der Waals surface area contributed by atoms with E-state index in [0.717, 1.165) is 17.7 Å². The van der Waals surface area contributed by atoms with Crippen LogP contribution in [0.25, 0.3) is 0 Å². The SMILES string of the molecule is COc1cccc2c1OCCC2Nc1ccc(C(=O)O)cn1. The third kappa shape index (κ3) is 2.67. The van der Waals surface area contributed by atoms with Gasteiger partial charge in [-0.15, -0.1) is 0 Å². The summed E-state index contributed by atoms with van der Waals surface area (Å²) in [4.78, 5) is 15.0. The number of hydrogen-bond donors (Lipinski definition) is 2. The number of carbonyl (C=O) groups is 1. The van der Waals surface area contributed by atoms with Gasteiger partial charge in [0.25, 0.3) is 0 Å². The predicted molar refractivity (Wildman–Crippen MR) is 80.7 cm³/mol. The van der Waals surface area contributed by atoms with Crippen molar-refractivity contribution in [1.29, 1.82) is 0 Å². The van der Waals surface area contributed by atoms with Crippen molar-refractivity contribution in [2.75, 3.05) is 19.0 Å². The summed E-state index contributed by atoms with van der Waals surface area (Å²) >= 11 is 0. The van der Waals surface area contributed by atoms with Crippen LogP contribution in [-0.4, -0.2) is 29.8 Å². The number of para-hydroxylation sites is 1. The number of aromatic carboxylic acids is 1. The van der Waals surface area contributed by atoms with Crippen molar-refractivity contribution in [1.82, 2.24) is 4.98 Å². The molecule has 0 saturated heterocycles. The molecule has 114 valence electrons. The minimum Gasteiger partial charge on any atom is -0.493 e. The Balaban J connectivity index is 1.84. The van der Waals surface area contributed by atoms with Gasteiger partial charge in [0.2, 0.25) is 0 Å². The maximum atomic E-state index is 10.8. The maximum absolute atomic E-state index is 10.8. The first kappa shape index (κ1) is 14.2. The van der Waals surface area contributed by atoms with Gasteiger partial charge in [-0.25, -0.2) is 9.78 Å². The van der Waals surface area contributed by atoms with E-state index in [1.165, 1.54) is 12.3 Å². The maximum Gasteiger partial charge on any atom is 0.337 e. The highest BCUT2D eigenvalue weighted by Gasteiger charge is 2.24. The molecule has 1 atom stereocenters. The number of pyridine rings is 1. The van der Waals surface area contributed by atoms with Gasteiger partial charge in [-0.2, -0.15) is 0 Å². The van der Waals surface area contributed by atoms with Crippen LogP contribution in [0, 0.1) is 0 Å². The Morgan fingerprint density at radius 2 is 2.27 bits per heavy atom. The molecule has 0 fully saturated rings. The average Bonchev–Trinajstić information content (AvgIpc) is 2.55. The van der Waals surface area contributed by atoms with E-state index < -0.39 is 5.97 Å². The van der Waals surface area contributed by atoms with Gasteiger partial charge in [-0.05, 0) is 18.2 Å². The number of fused-ring (bicyclic) bond motifs is 1. The van der Waals surface area contributed by atoms with Crippen molar-refractivity contribution in [3.05, 3.63) is 47.7 Å². The van der Waals surface area contributed by atoms with E-state index in [4.69, 9.17) is 14.6 Å². The molecule has 1 aromatic heterocycles. The molecule has 1 aliphatic rings. The number of benzene rings is 1. The molecule has 3 rings (SSSR count). The van der Waals surface area contributed by atoms with Gasteiger partial charge in [0.1, 0.15) is 5.82 Å². The molecule has 2 N–H and O–H groups in total. The second kappa shape index (κ2) is 5.93. The van der Waals surface area contributed by atoms with Gasteiger partial charge in [-0.3, -0.25) is 0 Å². The van der Waals surface area contributed by atoms with Gasteiger partial charge in [0.15, 0.2) is 11.5 Å². The van der Waals surface area contributed by atoms with E-state index >= 15 is 0 Å². The summed E-state index contributed by atoms with van der Waals surface area (Å²) in [6, 6.07) is 9.01. The van der Waals surface area contributed by atoms with Crippen molar-refractivity contribution >= 4 is 11.8 Å². The molecule has 2 heterocycles. The van der Waals surface area contributed by atoms with Crippen molar-refractivity contribution in [2.45, 2.75) is 12.5 Å². The van der Waals surface area contributed by atoms with E-state index in [1.54, 1.807) is 13.2 Å². The normalized spacial score (nSPS) is 16.3. The van der Waals surface area contributed by atoms with Gasteiger partial charge >= 0.3 is 5.97 Å². The summed E-state index contributed by atoms with van der Waals surface area (Å²) in [5.74, 6) is 1.10. The van der Waals surface area contributed by atoms with Gasteiger partial charge in [-0.1, -0.05) is 12.1 Å². The van der Waals surface area contributed by atoms with Crippen LogP contribution in [0.3, 0.4) is 0 Å². The highest BCUT2D eigenvalue weighted by Crippen LogP contribution is 2.40. The Bertz CT molecular complexity index is 685. The van der Waals surface area contributed by atoms with Gasteiger partial charge in [0, 0.05) is 18.2 Å². The first-order valence-corrected chi connectivity index (χ1v) is 6.94. The molecule has 2 aromatic rings. The Morgan fingerprint density at radius 1 is 1.41 bits per heavy atom. The molecule has 0 radical (unpaired) electrons. The van der Waals surface area contributed by atoms with Crippen LogP contribution in [0.15, 0.2) is 36.5 Å². The molecule has 0 amide bonds. The Hall–Kier alpha value is -2.76. The van der Waals surface area contributed by atoms with Crippen LogP contribution >= 0.6 is 0 Å². The van der Waals surface area contributed by atoms with Crippen LogP contribution in [0.1, 0.15) is 28.4 Å². The van der Waals surface area contributed by atoms with Crippen LogP contribution in [-0.2, 0) is 0 Å². The molecular formula is C16H16N2O4. The van der Waals surface area contributed by atoms with E-state index in [9.17, 15) is 4.79 Å². The van der Waals surface area contributed by atoms with Crippen molar-refractivity contribution in [2.24, 2.45) is 0 Å². The summed E-state index contributed by atoms with van der Waals surface area (Å²) in [6.45, 7) is 0.582. The number of aromatic nitrogens is 1. The number of rotatable bonds is 4. The number of anilines is 1. The standard InChI is InChI=1S/C16H16N2O4/c1-21-13-4-2-3-11-12(7-8-22-15(11)13)18-14-6-5-10(9-17-14)16(19)20/h2-6,9,12H,7-8H2,1H3,(H,17,18)(H,19,20). The molecule has 0 bridgehead atoms. The zero-order valence-electron chi connectivity index (χ0n) is 12.1. The fourth-order valence-electron chi connectivity index (χ4n) is 2.49. The topological polar surface area (TPSA) is 80.7 Å². The fourth-order valence-corrected chi connectivity index (χ4v) is 2.49. The zero-order chi connectivity index (χ0) is 15.5. The van der Waals surface area contributed by atoms with Crippen LogP contribution in [0.5, 0.6) is 11.5 Å². The van der Waals surface area contributed by atoms with Crippen LogP contribution in [0.2, 0.25) is 0 Å². The molecule has 0 aliphatic carbocycles. The minimum atomic E-state index is -0.986. The molecular weight excluding hydrogens is 284 g/mol. The summed E-state index contributed by atoms with van der Waals surface area (Å²) < 4.78 is 11.0. The smallest absolute Gasteiger partial charge is 0.337 e. The second-order valence-corrected chi connectivity index (χ2v) is 4.95. The van der Waals surface area contributed by atoms with Crippen LogP contribution < -0.4 is 14.8 Å². The Labute approximate surface area is 127 Å². The second-order valence-electron chi connectivity index (χ2n) is 4.95. The lowest BCUT2D eigenvalue weighted by Crippen LogP contribution is -2.21. The highest BCUT2D eigenvalue weighted by molar-refractivity contribution is 5.87. The van der Waals surface area contributed by atoms with Crippen LogP contribution in [0.4, 0.5) is 5.82 Å². The molecule has 1 aromatic carbocycles. The molecule has 0 saturated carbocycles. The molecule has 1 unspecified atom stereocenters. The van der Waals surface area contributed by atoms with E-state index in [0.29, 0.717) is 18.2 Å². The number of hydrogen-bond acceptors (Lipinski definition) is 5. The third-order valence-corrected chi connectivity index (χ3v) is 3.59. The van der Waals surface area contributed by atoms with E-state index in [-0.39, 0.29) is 11.6 Å². The minimum absolute atomic E-state index is 0.0435. The fraction of sp³-hybridized carbons (Fsp3) is 0.250. The monoisotopic (exact) mass is 300 g/mol. The van der Waals surface area contributed by atoms with Crippen molar-refractivity contribution in [3.63, 3.8) is 0 Å². The summed E-state index contributed by atoms with van der Waals surface area (Å²) in [5.41, 5.74) is 1.18.